The van der Waals surface area contributed by atoms with Gasteiger partial charge >= 0.3 is 0 Å². The van der Waals surface area contributed by atoms with Gasteiger partial charge in [-0.05, 0) is 32.0 Å². The van der Waals surface area contributed by atoms with Crippen molar-refractivity contribution in [1.82, 2.24) is 0 Å². The van der Waals surface area contributed by atoms with Gasteiger partial charge in [0.2, 0.25) is 0 Å². The van der Waals surface area contributed by atoms with Crippen molar-refractivity contribution in [3.63, 3.8) is 0 Å². The molecule has 1 atom stereocenters. The molecule has 4 heteroatoms. The third kappa shape index (κ3) is 2.11. The van der Waals surface area contributed by atoms with E-state index in [2.05, 4.69) is 5.32 Å². The van der Waals surface area contributed by atoms with Gasteiger partial charge in [-0.25, -0.2) is 8.78 Å². The number of hydrogen-bond donors (Lipinski definition) is 1. The van der Waals surface area contributed by atoms with Gasteiger partial charge in [0.15, 0.2) is 0 Å². The maximum Gasteiger partial charge on any atom is 0.149 e. The Hall–Kier alpha value is -2.10. The maximum atomic E-state index is 13.8. The molecule has 1 unspecified atom stereocenters. The minimum atomic E-state index is -0.606. The van der Waals surface area contributed by atoms with E-state index in [1.807, 2.05) is 38.1 Å². The summed E-state index contributed by atoms with van der Waals surface area (Å²) < 4.78 is 32.6. The molecule has 0 bridgehead atoms. The van der Waals surface area contributed by atoms with E-state index in [0.717, 1.165) is 17.4 Å². The Morgan fingerprint density at radius 2 is 1.85 bits per heavy atom. The molecule has 0 amide bonds. The first-order valence-electron chi connectivity index (χ1n) is 6.47. The Balaban J connectivity index is 1.97. The molecular formula is C16H15F2NO. The molecule has 0 saturated carbocycles. The van der Waals surface area contributed by atoms with Crippen LogP contribution in [0.15, 0.2) is 42.5 Å². The van der Waals surface area contributed by atoms with Gasteiger partial charge in [-0.15, -0.1) is 0 Å². The van der Waals surface area contributed by atoms with E-state index in [4.69, 9.17) is 4.74 Å². The minimum Gasteiger partial charge on any atom is -0.485 e. The molecule has 1 heterocycles. The number of hydrogen-bond acceptors (Lipinski definition) is 2. The summed E-state index contributed by atoms with van der Waals surface area (Å²) in [6.45, 7) is 3.87. The van der Waals surface area contributed by atoms with Crippen molar-refractivity contribution in [1.29, 1.82) is 0 Å². The number of benzene rings is 2. The van der Waals surface area contributed by atoms with Crippen LogP contribution >= 0.6 is 0 Å². The van der Waals surface area contributed by atoms with Gasteiger partial charge in [0.05, 0.1) is 11.7 Å². The number of anilines is 1. The highest BCUT2D eigenvalue weighted by molar-refractivity contribution is 5.52. The van der Waals surface area contributed by atoms with Crippen molar-refractivity contribution in [2.75, 3.05) is 5.32 Å². The zero-order chi connectivity index (χ0) is 14.3. The Bertz CT molecular complexity index is 655. The van der Waals surface area contributed by atoms with Crippen LogP contribution in [0.3, 0.4) is 0 Å². The number of rotatable bonds is 2. The predicted octanol–water partition coefficient (Wildman–Crippen LogP) is 4.29. The molecule has 2 nitrogen and oxygen atoms in total. The van der Waals surface area contributed by atoms with Crippen LogP contribution in [0.25, 0.3) is 0 Å². The quantitative estimate of drug-likeness (QED) is 0.882. The lowest BCUT2D eigenvalue weighted by atomic mass is 9.94. The first kappa shape index (κ1) is 12.9. The van der Waals surface area contributed by atoms with Crippen LogP contribution in [0, 0.1) is 11.6 Å². The highest BCUT2D eigenvalue weighted by Crippen LogP contribution is 2.44. The van der Waals surface area contributed by atoms with Crippen LogP contribution in [0.1, 0.15) is 25.5 Å². The number of para-hydroxylation sites is 1. The van der Waals surface area contributed by atoms with Crippen molar-refractivity contribution in [3.05, 3.63) is 59.7 Å². The summed E-state index contributed by atoms with van der Waals surface area (Å²) in [5, 5.41) is 3.12. The van der Waals surface area contributed by atoms with Gasteiger partial charge in [-0.1, -0.05) is 18.2 Å². The Labute approximate surface area is 116 Å². The van der Waals surface area contributed by atoms with E-state index in [1.54, 1.807) is 0 Å². The highest BCUT2D eigenvalue weighted by Gasteiger charge is 2.41. The molecule has 0 radical (unpaired) electrons. The van der Waals surface area contributed by atoms with E-state index in [1.165, 1.54) is 12.1 Å². The monoisotopic (exact) mass is 275 g/mol. The van der Waals surface area contributed by atoms with E-state index >= 15 is 0 Å². The molecule has 0 aromatic heterocycles. The van der Waals surface area contributed by atoms with Crippen LogP contribution in [0.5, 0.6) is 5.75 Å². The molecule has 1 N–H and O–H groups in total. The molecular weight excluding hydrogens is 260 g/mol. The number of nitrogens with one attached hydrogen (secondary N) is 1. The lowest BCUT2D eigenvalue weighted by molar-refractivity contribution is 0.118. The van der Waals surface area contributed by atoms with Gasteiger partial charge in [-0.3, -0.25) is 0 Å². The van der Waals surface area contributed by atoms with Gasteiger partial charge in [0.1, 0.15) is 23.0 Å². The molecule has 2 aromatic carbocycles. The fourth-order valence-electron chi connectivity index (χ4n) is 2.54. The summed E-state index contributed by atoms with van der Waals surface area (Å²) in [6, 6.07) is 11.0. The van der Waals surface area contributed by atoms with Crippen LogP contribution in [0.4, 0.5) is 14.5 Å². The summed E-state index contributed by atoms with van der Waals surface area (Å²) in [4.78, 5) is 0. The zero-order valence-electron chi connectivity index (χ0n) is 11.3. The Morgan fingerprint density at radius 3 is 2.60 bits per heavy atom. The van der Waals surface area contributed by atoms with E-state index in [9.17, 15) is 8.78 Å². The lowest BCUT2D eigenvalue weighted by Gasteiger charge is -2.28. The van der Waals surface area contributed by atoms with Gasteiger partial charge < -0.3 is 10.1 Å². The molecule has 2 aromatic rings. The molecule has 0 aliphatic carbocycles. The molecule has 1 aliphatic heterocycles. The number of ether oxygens (including phenoxy) is 1. The molecule has 0 spiro atoms. The maximum absolute atomic E-state index is 13.8. The summed E-state index contributed by atoms with van der Waals surface area (Å²) in [5.74, 6) is -0.405. The number of halogens is 2. The van der Waals surface area contributed by atoms with Crippen molar-refractivity contribution in [2.24, 2.45) is 0 Å². The fourth-order valence-corrected chi connectivity index (χ4v) is 2.54. The second-order valence-electron chi connectivity index (χ2n) is 5.44. The fraction of sp³-hybridized carbons (Fsp3) is 0.250. The van der Waals surface area contributed by atoms with E-state index < -0.39 is 17.2 Å². The second-order valence-corrected chi connectivity index (χ2v) is 5.44. The molecule has 20 heavy (non-hydrogen) atoms. The normalized spacial score (nSPS) is 19.3. The smallest absolute Gasteiger partial charge is 0.149 e. The summed E-state index contributed by atoms with van der Waals surface area (Å²) >= 11 is 0. The van der Waals surface area contributed by atoms with E-state index in [-0.39, 0.29) is 11.7 Å². The van der Waals surface area contributed by atoms with Crippen LogP contribution in [-0.2, 0) is 0 Å². The predicted molar refractivity (Wildman–Crippen MR) is 73.9 cm³/mol. The summed E-state index contributed by atoms with van der Waals surface area (Å²) in [6.07, 6.45) is 0. The molecule has 0 fully saturated rings. The third-order valence-electron chi connectivity index (χ3n) is 3.53. The average Bonchev–Trinajstić information content (AvgIpc) is 2.63. The minimum absolute atomic E-state index is 0.196. The van der Waals surface area contributed by atoms with E-state index in [0.29, 0.717) is 0 Å². The first-order chi connectivity index (χ1) is 9.47. The molecule has 3 rings (SSSR count). The van der Waals surface area contributed by atoms with Crippen molar-refractivity contribution < 1.29 is 13.5 Å². The largest absolute Gasteiger partial charge is 0.485 e. The Kier molecular flexibility index (Phi) is 2.89. The van der Waals surface area contributed by atoms with Gasteiger partial charge in [0.25, 0.3) is 0 Å². The van der Waals surface area contributed by atoms with Crippen molar-refractivity contribution in [2.45, 2.75) is 25.5 Å². The third-order valence-corrected chi connectivity index (χ3v) is 3.53. The topological polar surface area (TPSA) is 21.3 Å². The van der Waals surface area contributed by atoms with Crippen LogP contribution < -0.4 is 10.1 Å². The van der Waals surface area contributed by atoms with Gasteiger partial charge in [-0.2, -0.15) is 0 Å². The highest BCUT2D eigenvalue weighted by atomic mass is 19.1. The van der Waals surface area contributed by atoms with Crippen molar-refractivity contribution >= 4 is 5.69 Å². The van der Waals surface area contributed by atoms with Crippen molar-refractivity contribution in [3.8, 4) is 5.75 Å². The number of fused-ring (bicyclic) bond motifs is 1. The SMILES string of the molecule is CC1(C)Oc2ccccc2C1Nc1ccc(F)cc1F. The molecule has 0 saturated heterocycles. The lowest BCUT2D eigenvalue weighted by Crippen LogP contribution is -2.35. The Morgan fingerprint density at radius 1 is 1.10 bits per heavy atom. The molecule has 104 valence electrons. The first-order valence-corrected chi connectivity index (χ1v) is 6.47. The molecule has 1 aliphatic rings. The van der Waals surface area contributed by atoms with Gasteiger partial charge in [0, 0.05) is 11.6 Å². The zero-order valence-corrected chi connectivity index (χ0v) is 11.3. The van der Waals surface area contributed by atoms with Crippen LogP contribution in [-0.4, -0.2) is 5.60 Å². The summed E-state index contributed by atoms with van der Waals surface area (Å²) in [7, 11) is 0. The second kappa shape index (κ2) is 4.47. The standard InChI is InChI=1S/C16H15F2NO/c1-16(2)15(11-5-3-4-6-14(11)20-16)19-13-8-7-10(17)9-12(13)18/h3-9,15,19H,1-2H3. The summed E-state index contributed by atoms with van der Waals surface area (Å²) in [5.41, 5.74) is 0.732. The van der Waals surface area contributed by atoms with Crippen LogP contribution in [0.2, 0.25) is 0 Å². The average molecular weight is 275 g/mol.